The predicted molar refractivity (Wildman–Crippen MR) is 120 cm³/mol. The molecule has 0 amide bonds. The van der Waals surface area contributed by atoms with E-state index in [2.05, 4.69) is 53.4 Å². The Labute approximate surface area is 178 Å². The van der Waals surface area contributed by atoms with Gasteiger partial charge < -0.3 is 0 Å². The molecule has 3 aromatic rings. The van der Waals surface area contributed by atoms with E-state index in [0.717, 1.165) is 18.7 Å². The zero-order valence-electron chi connectivity index (χ0n) is 16.9. The summed E-state index contributed by atoms with van der Waals surface area (Å²) in [5.41, 5.74) is 4.58. The molecule has 0 bridgehead atoms. The van der Waals surface area contributed by atoms with Gasteiger partial charge in [0, 0.05) is 38.1 Å². The molecule has 4 nitrogen and oxygen atoms in total. The fourth-order valence-corrected chi connectivity index (χ4v) is 6.25. The van der Waals surface area contributed by atoms with Crippen LogP contribution in [0.2, 0.25) is 0 Å². The van der Waals surface area contributed by atoms with Crippen LogP contribution < -0.4 is 0 Å². The van der Waals surface area contributed by atoms with Crippen molar-refractivity contribution >= 4 is 10.0 Å². The average molecular weight is 419 g/mol. The molecule has 0 N–H and O–H groups in total. The highest BCUT2D eigenvalue weighted by atomic mass is 32.2. The van der Waals surface area contributed by atoms with Crippen molar-refractivity contribution in [3.05, 3.63) is 96.1 Å². The molecule has 0 spiro atoms. The molecule has 0 aromatic heterocycles. The largest absolute Gasteiger partial charge is 0.294 e. The summed E-state index contributed by atoms with van der Waals surface area (Å²) < 4.78 is 27.4. The minimum absolute atomic E-state index is 0.0915. The van der Waals surface area contributed by atoms with Gasteiger partial charge in [-0.15, -0.1) is 0 Å². The standard InChI is InChI=1S/C25H26N2O2S/c28-30(29,19-21-7-3-1-4-8-21)27-17-24-16-26(25(24)18-27)15-20-11-13-23(14-12-20)22-9-5-2-6-10-22/h1-14,24-25H,15-19H2/t24-,25+/m0/s1. The number of hydrogen-bond acceptors (Lipinski definition) is 3. The Morgan fingerprint density at radius 1 is 0.700 bits per heavy atom. The summed E-state index contributed by atoms with van der Waals surface area (Å²) in [5.74, 6) is 0.549. The summed E-state index contributed by atoms with van der Waals surface area (Å²) in [7, 11) is -3.26. The Morgan fingerprint density at radius 3 is 2.03 bits per heavy atom. The average Bonchev–Trinajstić information content (AvgIpc) is 3.11. The number of hydrogen-bond donors (Lipinski definition) is 0. The van der Waals surface area contributed by atoms with E-state index < -0.39 is 10.0 Å². The number of sulfonamides is 1. The second kappa shape index (κ2) is 7.99. The topological polar surface area (TPSA) is 40.6 Å². The van der Waals surface area contributed by atoms with Gasteiger partial charge in [0.05, 0.1) is 5.75 Å². The molecule has 5 rings (SSSR count). The molecule has 30 heavy (non-hydrogen) atoms. The zero-order valence-corrected chi connectivity index (χ0v) is 17.7. The van der Waals surface area contributed by atoms with Crippen LogP contribution in [0.3, 0.4) is 0 Å². The molecule has 2 saturated heterocycles. The Kier molecular flexibility index (Phi) is 5.19. The lowest BCUT2D eigenvalue weighted by atomic mass is 9.91. The SMILES string of the molecule is O=S(=O)(Cc1ccccc1)N1C[C@@H]2CN(Cc3ccc(-c4ccccc4)cc3)[C@@H]2C1. The Bertz CT molecular complexity index is 1100. The third-order valence-electron chi connectivity index (χ3n) is 6.34. The van der Waals surface area contributed by atoms with Gasteiger partial charge in [0.15, 0.2) is 0 Å². The van der Waals surface area contributed by atoms with Gasteiger partial charge in [-0.3, -0.25) is 4.90 Å². The van der Waals surface area contributed by atoms with Crippen molar-refractivity contribution in [3.63, 3.8) is 0 Å². The van der Waals surface area contributed by atoms with Crippen molar-refractivity contribution in [2.75, 3.05) is 19.6 Å². The van der Waals surface area contributed by atoms with E-state index in [1.165, 1.54) is 16.7 Å². The Morgan fingerprint density at radius 2 is 1.33 bits per heavy atom. The van der Waals surface area contributed by atoms with Crippen LogP contribution in [0.5, 0.6) is 0 Å². The molecular formula is C25H26N2O2S. The van der Waals surface area contributed by atoms with E-state index in [-0.39, 0.29) is 5.75 Å². The number of fused-ring (bicyclic) bond motifs is 1. The minimum atomic E-state index is -3.26. The zero-order chi connectivity index (χ0) is 20.6. The molecule has 0 saturated carbocycles. The molecule has 0 unspecified atom stereocenters. The smallest absolute Gasteiger partial charge is 0.218 e. The second-order valence-electron chi connectivity index (χ2n) is 8.38. The molecule has 0 radical (unpaired) electrons. The van der Waals surface area contributed by atoms with Crippen LogP contribution in [0.4, 0.5) is 0 Å². The van der Waals surface area contributed by atoms with Gasteiger partial charge >= 0.3 is 0 Å². The van der Waals surface area contributed by atoms with E-state index in [1.807, 2.05) is 36.4 Å². The first-order valence-corrected chi connectivity index (χ1v) is 12.1. The summed E-state index contributed by atoms with van der Waals surface area (Å²) in [6.07, 6.45) is 0. The van der Waals surface area contributed by atoms with Crippen LogP contribution >= 0.6 is 0 Å². The summed E-state index contributed by atoms with van der Waals surface area (Å²) in [5, 5.41) is 0. The van der Waals surface area contributed by atoms with Crippen LogP contribution in [0, 0.1) is 5.92 Å². The van der Waals surface area contributed by atoms with Gasteiger partial charge in [-0.1, -0.05) is 84.9 Å². The molecule has 154 valence electrons. The summed E-state index contributed by atoms with van der Waals surface area (Å²) in [6.45, 7) is 3.12. The first kappa shape index (κ1) is 19.5. The monoisotopic (exact) mass is 418 g/mol. The molecule has 2 heterocycles. The molecule has 2 aliphatic heterocycles. The van der Waals surface area contributed by atoms with E-state index in [4.69, 9.17) is 0 Å². The predicted octanol–water partition coefficient (Wildman–Crippen LogP) is 4.00. The maximum atomic E-state index is 12.9. The Hall–Kier alpha value is -2.47. The van der Waals surface area contributed by atoms with Crippen molar-refractivity contribution in [1.82, 2.24) is 9.21 Å². The van der Waals surface area contributed by atoms with Crippen molar-refractivity contribution in [2.45, 2.75) is 18.3 Å². The second-order valence-corrected chi connectivity index (χ2v) is 10.3. The first-order chi connectivity index (χ1) is 14.6. The fourth-order valence-electron chi connectivity index (χ4n) is 4.66. The quantitative estimate of drug-likeness (QED) is 0.608. The van der Waals surface area contributed by atoms with Crippen molar-refractivity contribution < 1.29 is 8.42 Å². The van der Waals surface area contributed by atoms with E-state index in [0.29, 0.717) is 25.0 Å². The summed E-state index contributed by atoms with van der Waals surface area (Å²) in [4.78, 5) is 2.42. The van der Waals surface area contributed by atoms with Crippen LogP contribution in [-0.2, 0) is 22.3 Å². The van der Waals surface area contributed by atoms with Gasteiger partial charge in [0.1, 0.15) is 0 Å². The molecule has 2 atom stereocenters. The number of nitrogens with zero attached hydrogens (tertiary/aromatic N) is 2. The van der Waals surface area contributed by atoms with Crippen molar-refractivity contribution in [2.24, 2.45) is 5.92 Å². The van der Waals surface area contributed by atoms with Gasteiger partial charge in [0.2, 0.25) is 10.0 Å². The molecule has 3 aromatic carbocycles. The van der Waals surface area contributed by atoms with E-state index >= 15 is 0 Å². The summed E-state index contributed by atoms with van der Waals surface area (Å²) in [6, 6.07) is 28.9. The van der Waals surface area contributed by atoms with Crippen LogP contribution in [0.15, 0.2) is 84.9 Å². The molecule has 0 aliphatic carbocycles. The van der Waals surface area contributed by atoms with Crippen LogP contribution in [0.1, 0.15) is 11.1 Å². The third-order valence-corrected chi connectivity index (χ3v) is 8.13. The van der Waals surface area contributed by atoms with Crippen molar-refractivity contribution in [1.29, 1.82) is 0 Å². The normalized spacial score (nSPS) is 21.9. The van der Waals surface area contributed by atoms with E-state index in [9.17, 15) is 8.42 Å². The maximum Gasteiger partial charge on any atom is 0.218 e. The van der Waals surface area contributed by atoms with Crippen LogP contribution in [0.25, 0.3) is 11.1 Å². The molecule has 5 heteroatoms. The first-order valence-electron chi connectivity index (χ1n) is 10.5. The fraction of sp³-hybridized carbons (Fsp3) is 0.280. The number of benzene rings is 3. The highest BCUT2D eigenvalue weighted by Crippen LogP contribution is 2.35. The van der Waals surface area contributed by atoms with E-state index in [1.54, 1.807) is 4.31 Å². The highest BCUT2D eigenvalue weighted by molar-refractivity contribution is 7.88. The highest BCUT2D eigenvalue weighted by Gasteiger charge is 2.48. The van der Waals surface area contributed by atoms with Gasteiger partial charge in [0.25, 0.3) is 0 Å². The molecular weight excluding hydrogens is 392 g/mol. The Balaban J connectivity index is 1.20. The number of rotatable bonds is 6. The molecule has 2 fully saturated rings. The van der Waals surface area contributed by atoms with Crippen LogP contribution in [-0.4, -0.2) is 43.3 Å². The van der Waals surface area contributed by atoms with Gasteiger partial charge in [-0.05, 0) is 22.3 Å². The lowest BCUT2D eigenvalue weighted by Gasteiger charge is -2.43. The van der Waals surface area contributed by atoms with Gasteiger partial charge in [-0.2, -0.15) is 4.31 Å². The lowest BCUT2D eigenvalue weighted by molar-refractivity contribution is 0.0435. The number of likely N-dealkylation sites (tertiary alicyclic amines) is 1. The maximum absolute atomic E-state index is 12.9. The van der Waals surface area contributed by atoms with Crippen molar-refractivity contribution in [3.8, 4) is 11.1 Å². The van der Waals surface area contributed by atoms with Gasteiger partial charge in [-0.25, -0.2) is 8.42 Å². The third kappa shape index (κ3) is 3.93. The minimum Gasteiger partial charge on any atom is -0.294 e. The lowest BCUT2D eigenvalue weighted by Crippen LogP contribution is -2.54. The molecule has 2 aliphatic rings. The summed E-state index contributed by atoms with van der Waals surface area (Å²) >= 11 is 0.